The molecule has 0 aliphatic carbocycles. The molecule has 24 unspecified atom stereocenters. The predicted octanol–water partition coefficient (Wildman–Crippen LogP) is -39.2. The van der Waals surface area contributed by atoms with Gasteiger partial charge in [-0.15, -0.1) is 0 Å². The van der Waals surface area contributed by atoms with Crippen LogP contribution in [0, 0.1) is 0 Å². The Bertz CT molecular complexity index is 3000. The molecule has 30 saturated heterocycles. The summed E-state index contributed by atoms with van der Waals surface area (Å²) in [6.07, 6.45) is -84.9. The van der Waals surface area contributed by atoms with Gasteiger partial charge in [0, 0.05) is 93.8 Å². The van der Waals surface area contributed by atoms with E-state index in [1.165, 1.54) is 0 Å². The Morgan fingerprint density at radius 3 is 0.333 bits per heavy atom. The summed E-state index contributed by atoms with van der Waals surface area (Å²) >= 11 is 7.94. The fourth-order valence-corrected chi connectivity index (χ4v) is 24.1. The second-order valence-electron chi connectivity index (χ2n) is 33.4. The molecule has 30 heterocycles. The molecule has 30 aliphatic heterocycles. The smallest absolute Gasteiger partial charge is 0.550 e. The predicted molar refractivity (Wildman–Crippen MR) is 457 cm³/mol. The molecular formula is C80H120Na8O48S8. The summed E-state index contributed by atoms with van der Waals surface area (Å²) in [6, 6.07) is 0. The zero-order chi connectivity index (χ0) is 99.3. The number of hydrogen-bond acceptors (Lipinski definition) is 56. The van der Waals surface area contributed by atoms with Crippen LogP contribution < -0.4 is 277 Å². The van der Waals surface area contributed by atoms with Crippen molar-refractivity contribution in [3.8, 4) is 0 Å². The van der Waals surface area contributed by atoms with Gasteiger partial charge in [0.2, 0.25) is 0 Å². The topological polar surface area (TPSA) is 792 Å². The first-order valence-corrected chi connectivity index (χ1v) is 53.6. The Labute approximate surface area is 1040 Å². The largest absolute Gasteiger partial charge is 1.00 e. The van der Waals surface area contributed by atoms with Crippen LogP contribution >= 0.6 is 94.1 Å². The van der Waals surface area contributed by atoms with E-state index in [0.717, 1.165) is 94.1 Å². The summed E-state index contributed by atoms with van der Waals surface area (Å²) in [4.78, 5) is 92.5. The number of thioether (sulfide) groups is 8. The molecule has 0 aromatic rings. The van der Waals surface area contributed by atoms with E-state index in [-0.39, 0.29) is 380 Å². The first-order valence-electron chi connectivity index (χ1n) is 44.3. The number of carboxylic acids is 8. The molecule has 0 spiro atoms. The van der Waals surface area contributed by atoms with Gasteiger partial charge in [-0.1, -0.05) is 0 Å². The SMILES string of the molecule is O=C([O-])CCCSCC1O[C@@H]2O[C@@H]3C(CSCCCC(=O)[O-])O[C@H](O[C@@H]4C(CSCCCC(=O)[O-])O[C@H](O[C@@H]5C(CSCCCC(=O)[O-])O[C@H](O[C@@H]6C(CSCCCC(=O)[O-])O[C@H](O[C@@H]7C(CSCCCC(=O)[O-])O[C@H](O[C@@H]8C(CSCCCC(=O)[O-])O[C@H](O[C@@H]9C(CSCCCC(=O)[O-])O[C@H](O[C@H]1C(O)C2O)C(O)C9O)C(O)C8O)C(O)C7O)C(O)C6O)C(O)C5O)C(O)C4O)C(O)C3O.[Na+].[Na+].[Na+].[Na+].[Na+].[Na+].[Na+].[Na+]. The third kappa shape index (κ3) is 46.2. The number of carbonyl (C=O) groups is 8. The van der Waals surface area contributed by atoms with E-state index >= 15 is 0 Å². The van der Waals surface area contributed by atoms with Crippen molar-refractivity contribution in [1.29, 1.82) is 0 Å². The van der Waals surface area contributed by atoms with Gasteiger partial charge < -0.3 is 237 Å². The maximum absolute atomic E-state index is 12.4. The number of carboxylic acid groups (broad SMARTS) is 8. The summed E-state index contributed by atoms with van der Waals surface area (Å²) in [5, 5.41) is 290. The van der Waals surface area contributed by atoms with Gasteiger partial charge in [0.1, 0.15) is 146 Å². The van der Waals surface area contributed by atoms with Crippen LogP contribution in [0.3, 0.4) is 0 Å². The van der Waals surface area contributed by atoms with Crippen molar-refractivity contribution in [1.82, 2.24) is 0 Å². The number of aliphatic carboxylic acids is 8. The van der Waals surface area contributed by atoms with Gasteiger partial charge in [0.25, 0.3) is 0 Å². The van der Waals surface area contributed by atoms with E-state index in [2.05, 4.69) is 0 Å². The maximum atomic E-state index is 12.4. The summed E-state index contributed by atoms with van der Waals surface area (Å²) in [7, 11) is 0. The molecule has 16 N–H and O–H groups in total. The van der Waals surface area contributed by atoms with Gasteiger partial charge in [0.05, 0.1) is 48.8 Å². The summed E-state index contributed by atoms with van der Waals surface area (Å²) in [6.45, 7) is 0. The third-order valence-electron chi connectivity index (χ3n) is 23.1. The van der Waals surface area contributed by atoms with Crippen LogP contribution in [-0.2, 0) is 114 Å². The zero-order valence-corrected chi connectivity index (χ0v) is 104. The number of aliphatic hydroxyl groups excluding tert-OH is 16. The molecule has 30 rings (SSSR count). The number of carbonyl (C=O) groups excluding carboxylic acids is 8. The van der Waals surface area contributed by atoms with Crippen LogP contribution in [0.5, 0.6) is 0 Å². The van der Waals surface area contributed by atoms with E-state index in [1.54, 1.807) is 0 Å². The molecule has 0 saturated carbocycles. The zero-order valence-electron chi connectivity index (χ0n) is 81.2. The van der Waals surface area contributed by atoms with Crippen LogP contribution in [0.15, 0.2) is 0 Å². The normalized spacial score (nSPS) is 37.6. The molecule has 48 nitrogen and oxygen atoms in total. The molecule has 30 aliphatic rings. The Kier molecular flexibility index (Phi) is 78.1. The quantitative estimate of drug-likeness (QED) is 0.0199. The Hall–Kier alpha value is 5.28. The minimum atomic E-state index is -2.31. The first kappa shape index (κ1) is 147. The van der Waals surface area contributed by atoms with Gasteiger partial charge >= 0.3 is 236 Å². The number of ether oxygens (including phenoxy) is 16. The van der Waals surface area contributed by atoms with Crippen molar-refractivity contribution in [3.63, 3.8) is 0 Å². The molecule has 0 aromatic carbocycles. The second kappa shape index (κ2) is 76.3. The van der Waals surface area contributed by atoms with E-state index in [4.69, 9.17) is 75.8 Å². The monoisotopic (exact) mass is 2290 g/mol. The van der Waals surface area contributed by atoms with E-state index in [1.807, 2.05) is 0 Å². The number of rotatable bonds is 48. The second-order valence-corrected chi connectivity index (χ2v) is 42.6. The summed E-state index contributed by atoms with van der Waals surface area (Å²) in [5.41, 5.74) is 0. The molecule has 0 aromatic heterocycles. The van der Waals surface area contributed by atoms with E-state index in [9.17, 15) is 161 Å². The van der Waals surface area contributed by atoms with Gasteiger partial charge in [-0.3, -0.25) is 0 Å². The van der Waals surface area contributed by atoms with Crippen molar-refractivity contribution in [2.75, 3.05) is 92.0 Å². The molecule has 16 bridgehead atoms. The molecular weight excluding hydrogens is 2170 g/mol. The van der Waals surface area contributed by atoms with Crippen LogP contribution in [0.25, 0.3) is 0 Å². The fourth-order valence-electron chi connectivity index (χ4n) is 15.9. The molecule has 64 heteroatoms. The first-order chi connectivity index (χ1) is 64.7. The molecule has 0 amide bonds. The molecule has 0 radical (unpaired) electrons. The van der Waals surface area contributed by atoms with E-state index in [0.29, 0.717) is 0 Å². The summed E-state index contributed by atoms with van der Waals surface area (Å²) < 4.78 is 102. The standard InChI is InChI=1S/C80H128O48S8.8Na/c81-41(82)9-1-17-129-25-33-65-49(97)57(105)73(113-33)122-66-34(26-130-18-2-10-42(83)84)115-75(59(107)51(66)99)124-68-36(28-132-20-4-12-44(87)88)117-77(61(109)53(68)101)126-70-38(30-134-22-6-14-46(91)92)119-79(63(111)55(70)103)128-72-40(32-136-24-8-16-48(95)96)120-80(64(112)56(72)104)127-71-39(31-135-23-7-15-47(93)94)118-78(62(110)54(71)102)125-69-37(29-133-21-5-13-45(89)90)116-76(60(108)52(69)100)123-67-35(27-131-19-3-11-43(85)86)114-74(121-65)58(106)50(67)98;;;;;;;;/h33-40,49-80,97-112H,1-32H2,(H,81,82)(H,83,84)(H,85,86)(H,87,88)(H,89,90)(H,91,92)(H,93,94)(H,95,96);;;;;;;;/q;8*+1/p-8/t33?,34?,35?,36?,37?,38?,39?,40?,49?,50?,51?,52?,53?,54?,55?,56?,57?,58?,59?,60?,61?,62?,63?,64?,65-,66-,67-,68-,69-,70-,71-,72-,73-,74-,75-,76-,77-,78-,79-,80-;;;;;;;;/m1......../s1. The number of hydrogen-bond donors (Lipinski definition) is 16. The molecule has 144 heavy (non-hydrogen) atoms. The molecule has 30 fully saturated rings. The Morgan fingerprint density at radius 2 is 0.250 bits per heavy atom. The fraction of sp³-hybridized carbons (Fsp3) is 0.900. The molecule has 40 atom stereocenters. The van der Waals surface area contributed by atoms with Crippen molar-refractivity contribution in [2.45, 2.75) is 348 Å². The number of aliphatic hydroxyl groups is 16. The summed E-state index contributed by atoms with van der Waals surface area (Å²) in [5.74, 6) is -13.6. The Morgan fingerprint density at radius 1 is 0.160 bits per heavy atom. The van der Waals surface area contributed by atoms with Crippen molar-refractivity contribution in [2.24, 2.45) is 0 Å². The van der Waals surface area contributed by atoms with Crippen molar-refractivity contribution >= 4 is 142 Å². The van der Waals surface area contributed by atoms with E-state index < -0.39 is 345 Å². The van der Waals surface area contributed by atoms with Crippen LogP contribution in [0.4, 0.5) is 0 Å². The minimum absolute atomic E-state index is 0. The maximum Gasteiger partial charge on any atom is 1.00 e. The average Bonchev–Trinajstić information content (AvgIpc) is 0.768. The van der Waals surface area contributed by atoms with Crippen LogP contribution in [0.1, 0.15) is 103 Å². The molecule has 784 valence electrons. The van der Waals surface area contributed by atoms with Gasteiger partial charge in [-0.05, 0) is 149 Å². The Balaban J connectivity index is 0.0000130. The minimum Gasteiger partial charge on any atom is -0.550 e. The van der Waals surface area contributed by atoms with Gasteiger partial charge in [-0.25, -0.2) is 0 Å². The third-order valence-corrected chi connectivity index (χ3v) is 32.2. The van der Waals surface area contributed by atoms with Gasteiger partial charge in [-0.2, -0.15) is 94.1 Å². The van der Waals surface area contributed by atoms with Crippen LogP contribution in [0.2, 0.25) is 0 Å². The van der Waals surface area contributed by atoms with Crippen molar-refractivity contribution < 1.29 is 473 Å². The average molecular weight is 2290 g/mol. The van der Waals surface area contributed by atoms with Gasteiger partial charge in [0.15, 0.2) is 50.3 Å². The van der Waals surface area contributed by atoms with Crippen LogP contribution in [-0.4, -0.2) is 467 Å². The van der Waals surface area contributed by atoms with Crippen molar-refractivity contribution in [3.05, 3.63) is 0 Å².